The Kier molecular flexibility index (Phi) is 5.93. The standard InChI is InChI=1S/C18H17BrO6/c1-10(19)25-12-8-15(21)13(16(22)9-12)4-5-14(20)11-3-6-18(24-2)17(23)7-11/h3-10,21-23H,1-2H3/b5-4+. The van der Waals surface area contributed by atoms with Crippen LogP contribution in [0.1, 0.15) is 22.8 Å². The van der Waals surface area contributed by atoms with Crippen molar-refractivity contribution < 1.29 is 29.6 Å². The maximum Gasteiger partial charge on any atom is 0.185 e. The van der Waals surface area contributed by atoms with E-state index in [0.29, 0.717) is 0 Å². The van der Waals surface area contributed by atoms with Gasteiger partial charge >= 0.3 is 0 Å². The zero-order valence-corrected chi connectivity index (χ0v) is 15.1. The second-order valence-corrected chi connectivity index (χ2v) is 6.41. The molecule has 0 bridgehead atoms. The lowest BCUT2D eigenvalue weighted by Crippen LogP contribution is -2.01. The molecule has 3 N–H and O–H groups in total. The Morgan fingerprint density at radius 1 is 1.12 bits per heavy atom. The Balaban J connectivity index is 2.23. The molecule has 0 saturated heterocycles. The van der Waals surface area contributed by atoms with E-state index < -0.39 is 5.78 Å². The maximum absolute atomic E-state index is 12.2. The minimum Gasteiger partial charge on any atom is -0.507 e. The highest BCUT2D eigenvalue weighted by molar-refractivity contribution is 9.09. The summed E-state index contributed by atoms with van der Waals surface area (Å²) in [7, 11) is 1.41. The third-order valence-electron chi connectivity index (χ3n) is 3.27. The Morgan fingerprint density at radius 2 is 1.76 bits per heavy atom. The first-order valence-corrected chi connectivity index (χ1v) is 8.19. The van der Waals surface area contributed by atoms with Crippen LogP contribution in [0.5, 0.6) is 28.7 Å². The Hall–Kier alpha value is -2.67. The van der Waals surface area contributed by atoms with Crippen LogP contribution in [0.4, 0.5) is 0 Å². The number of phenolic OH excluding ortho intramolecular Hbond substituents is 3. The van der Waals surface area contributed by atoms with Gasteiger partial charge in [0.05, 0.1) is 12.7 Å². The first-order chi connectivity index (χ1) is 11.8. The number of halogens is 1. The molecule has 1 unspecified atom stereocenters. The fraction of sp³-hybridized carbons (Fsp3) is 0.167. The van der Waals surface area contributed by atoms with E-state index in [1.54, 1.807) is 6.92 Å². The summed E-state index contributed by atoms with van der Waals surface area (Å²) >= 11 is 3.20. The van der Waals surface area contributed by atoms with Gasteiger partial charge in [-0.2, -0.15) is 0 Å². The zero-order valence-electron chi connectivity index (χ0n) is 13.6. The van der Waals surface area contributed by atoms with E-state index >= 15 is 0 Å². The molecule has 2 aromatic rings. The highest BCUT2D eigenvalue weighted by Gasteiger charge is 2.11. The summed E-state index contributed by atoms with van der Waals surface area (Å²) in [5, 5.41) is 29.4. The molecule has 2 rings (SSSR count). The number of allylic oxidation sites excluding steroid dienone is 1. The molecule has 0 amide bonds. The van der Waals surface area contributed by atoms with Crippen molar-refractivity contribution in [3.05, 3.63) is 47.5 Å². The van der Waals surface area contributed by atoms with Crippen molar-refractivity contribution >= 4 is 27.8 Å². The molecule has 0 aliphatic carbocycles. The van der Waals surface area contributed by atoms with Gasteiger partial charge in [0.25, 0.3) is 0 Å². The fourth-order valence-corrected chi connectivity index (χ4v) is 2.34. The summed E-state index contributed by atoms with van der Waals surface area (Å²) in [6, 6.07) is 6.92. The van der Waals surface area contributed by atoms with E-state index in [2.05, 4.69) is 15.9 Å². The lowest BCUT2D eigenvalue weighted by Gasteiger charge is -2.11. The third-order valence-corrected chi connectivity index (χ3v) is 3.46. The van der Waals surface area contributed by atoms with Gasteiger partial charge in [0.1, 0.15) is 17.2 Å². The highest BCUT2D eigenvalue weighted by atomic mass is 79.9. The number of carbonyl (C=O) groups is 1. The maximum atomic E-state index is 12.2. The smallest absolute Gasteiger partial charge is 0.185 e. The molecule has 0 heterocycles. The van der Waals surface area contributed by atoms with E-state index in [0.717, 1.165) is 0 Å². The lowest BCUT2D eigenvalue weighted by atomic mass is 10.1. The van der Waals surface area contributed by atoms with Crippen molar-refractivity contribution in [2.24, 2.45) is 0 Å². The largest absolute Gasteiger partial charge is 0.507 e. The molecule has 7 heteroatoms. The van der Waals surface area contributed by atoms with E-state index in [-0.39, 0.29) is 44.9 Å². The Labute approximate surface area is 153 Å². The molecule has 1 atom stereocenters. The molecule has 0 radical (unpaired) electrons. The molecule has 0 aliphatic heterocycles. The van der Waals surface area contributed by atoms with Crippen LogP contribution in [0.2, 0.25) is 0 Å². The second kappa shape index (κ2) is 7.94. The second-order valence-electron chi connectivity index (χ2n) is 5.12. The van der Waals surface area contributed by atoms with Gasteiger partial charge in [-0.25, -0.2) is 0 Å². The van der Waals surface area contributed by atoms with Gasteiger partial charge in [0, 0.05) is 17.7 Å². The van der Waals surface area contributed by atoms with Crippen molar-refractivity contribution in [1.29, 1.82) is 0 Å². The number of aromatic hydroxyl groups is 3. The van der Waals surface area contributed by atoms with Gasteiger partial charge < -0.3 is 24.8 Å². The number of hydrogen-bond donors (Lipinski definition) is 3. The van der Waals surface area contributed by atoms with Crippen LogP contribution in [0.15, 0.2) is 36.4 Å². The number of methoxy groups -OCH3 is 1. The molecule has 0 saturated carbocycles. The van der Waals surface area contributed by atoms with Crippen LogP contribution in [0.3, 0.4) is 0 Å². The van der Waals surface area contributed by atoms with Crippen LogP contribution in [0, 0.1) is 0 Å². The molecule has 132 valence electrons. The van der Waals surface area contributed by atoms with Crippen molar-refractivity contribution in [2.45, 2.75) is 11.9 Å². The lowest BCUT2D eigenvalue weighted by molar-refractivity contribution is 0.104. The molecule has 25 heavy (non-hydrogen) atoms. The number of carbonyl (C=O) groups excluding carboxylic acids is 1. The van der Waals surface area contributed by atoms with Crippen LogP contribution in [-0.4, -0.2) is 33.2 Å². The highest BCUT2D eigenvalue weighted by Crippen LogP contribution is 2.34. The number of alkyl halides is 1. The Morgan fingerprint density at radius 3 is 2.28 bits per heavy atom. The molecule has 2 aromatic carbocycles. The van der Waals surface area contributed by atoms with Gasteiger partial charge in [-0.05, 0) is 53.2 Å². The minimum atomic E-state index is -0.411. The van der Waals surface area contributed by atoms with E-state index in [4.69, 9.17) is 9.47 Å². The molecule has 0 aromatic heterocycles. The SMILES string of the molecule is COc1ccc(C(=O)/C=C/c2c(O)cc(OC(C)Br)cc2O)cc1O. The van der Waals surface area contributed by atoms with Crippen LogP contribution < -0.4 is 9.47 Å². The van der Waals surface area contributed by atoms with E-state index in [9.17, 15) is 20.1 Å². The van der Waals surface area contributed by atoms with Crippen molar-refractivity contribution in [2.75, 3.05) is 7.11 Å². The summed E-state index contributed by atoms with van der Waals surface area (Å²) in [6.07, 6.45) is 2.47. The molecule has 0 aliphatic rings. The summed E-state index contributed by atoms with van der Waals surface area (Å²) < 4.78 is 10.2. The van der Waals surface area contributed by atoms with Crippen LogP contribution in [0.25, 0.3) is 6.08 Å². The summed E-state index contributed by atoms with van der Waals surface area (Å²) in [4.78, 5) is 12.2. The van der Waals surface area contributed by atoms with Gasteiger partial charge in [-0.1, -0.05) is 0 Å². The van der Waals surface area contributed by atoms with Crippen molar-refractivity contribution in [3.63, 3.8) is 0 Å². The number of phenols is 3. The topological polar surface area (TPSA) is 96.2 Å². The van der Waals surface area contributed by atoms with E-state index in [1.807, 2.05) is 0 Å². The monoisotopic (exact) mass is 408 g/mol. The van der Waals surface area contributed by atoms with Gasteiger partial charge in [-0.15, -0.1) is 0 Å². The molecular weight excluding hydrogens is 392 g/mol. The number of hydrogen-bond acceptors (Lipinski definition) is 6. The van der Waals surface area contributed by atoms with Crippen molar-refractivity contribution in [1.82, 2.24) is 0 Å². The van der Waals surface area contributed by atoms with Crippen molar-refractivity contribution in [3.8, 4) is 28.7 Å². The predicted octanol–water partition coefficient (Wildman–Crippen LogP) is 3.83. The number of rotatable bonds is 6. The Bertz CT molecular complexity index is 790. The molecule has 0 fully saturated rings. The predicted molar refractivity (Wildman–Crippen MR) is 96.8 cm³/mol. The van der Waals surface area contributed by atoms with Crippen LogP contribution >= 0.6 is 15.9 Å². The number of benzene rings is 2. The summed E-state index contributed by atoms with van der Waals surface area (Å²) in [5.74, 6) is -0.492. The molecule has 0 spiro atoms. The number of ether oxygens (including phenoxy) is 2. The molecular formula is C18H17BrO6. The molecule has 6 nitrogen and oxygen atoms in total. The van der Waals surface area contributed by atoms with E-state index in [1.165, 1.54) is 49.6 Å². The third kappa shape index (κ3) is 4.67. The first-order valence-electron chi connectivity index (χ1n) is 7.28. The summed E-state index contributed by atoms with van der Waals surface area (Å²) in [6.45, 7) is 1.74. The zero-order chi connectivity index (χ0) is 18.6. The minimum absolute atomic E-state index is 0.0839. The average molecular weight is 409 g/mol. The van der Waals surface area contributed by atoms with Gasteiger partial charge in [0.2, 0.25) is 0 Å². The van der Waals surface area contributed by atoms with Crippen LogP contribution in [-0.2, 0) is 0 Å². The first kappa shape index (κ1) is 18.7. The normalized spacial score (nSPS) is 12.1. The average Bonchev–Trinajstić information content (AvgIpc) is 2.53. The van der Waals surface area contributed by atoms with Gasteiger partial charge in [-0.3, -0.25) is 4.79 Å². The number of ketones is 1. The van der Waals surface area contributed by atoms with Gasteiger partial charge in [0.15, 0.2) is 22.3 Å². The fourth-order valence-electron chi connectivity index (χ4n) is 2.12. The summed E-state index contributed by atoms with van der Waals surface area (Å²) in [5.41, 5.74) is 0.322. The quantitative estimate of drug-likeness (QED) is 0.381.